The van der Waals surface area contributed by atoms with Crippen molar-refractivity contribution in [2.45, 2.75) is 38.6 Å². The third-order valence-electron chi connectivity index (χ3n) is 8.29. The molecule has 2 aliphatic heterocycles. The third-order valence-corrected chi connectivity index (χ3v) is 8.29. The van der Waals surface area contributed by atoms with E-state index < -0.39 is 35.5 Å². The summed E-state index contributed by atoms with van der Waals surface area (Å²) in [5, 5.41) is 0. The van der Waals surface area contributed by atoms with E-state index in [-0.39, 0.29) is 43.0 Å². The van der Waals surface area contributed by atoms with E-state index in [0.717, 1.165) is 18.0 Å². The summed E-state index contributed by atoms with van der Waals surface area (Å²) in [5.41, 5.74) is 1.01. The van der Waals surface area contributed by atoms with Crippen LogP contribution in [-0.2, 0) is 4.79 Å². The Morgan fingerprint density at radius 3 is 2.28 bits per heavy atom. The van der Waals surface area contributed by atoms with Gasteiger partial charge in [0.1, 0.15) is 17.4 Å². The van der Waals surface area contributed by atoms with Crippen LogP contribution < -0.4 is 9.64 Å². The molecule has 2 atom stereocenters. The molecular weight excluding hydrogens is 561 g/mol. The largest absolute Gasteiger partial charge is 0.415 e. The summed E-state index contributed by atoms with van der Waals surface area (Å²) in [7, 11) is 0. The molecule has 3 aromatic rings. The molecule has 0 bridgehead atoms. The number of piperidine rings is 1. The molecule has 1 aromatic heterocycles. The topological polar surface area (TPSA) is 83.0 Å². The second-order valence-electron chi connectivity index (χ2n) is 10.9. The summed E-state index contributed by atoms with van der Waals surface area (Å²) >= 11 is 0. The lowest BCUT2D eigenvalue weighted by atomic mass is 9.93. The van der Waals surface area contributed by atoms with Crippen molar-refractivity contribution in [1.82, 2.24) is 14.8 Å². The number of amides is 2. The van der Waals surface area contributed by atoms with Crippen molar-refractivity contribution in [1.29, 1.82) is 0 Å². The van der Waals surface area contributed by atoms with Gasteiger partial charge in [0.25, 0.3) is 0 Å². The van der Waals surface area contributed by atoms with Gasteiger partial charge in [-0.05, 0) is 80.8 Å². The van der Waals surface area contributed by atoms with Crippen LogP contribution >= 0.6 is 0 Å². The summed E-state index contributed by atoms with van der Waals surface area (Å²) in [6.07, 6.45) is 2.06. The average Bonchev–Trinajstić information content (AvgIpc) is 3.45. The number of carbonyl (C=O) groups is 3. The Hall–Kier alpha value is -4.41. The summed E-state index contributed by atoms with van der Waals surface area (Å²) in [5.74, 6) is -2.39. The van der Waals surface area contributed by atoms with Crippen molar-refractivity contribution < 1.29 is 32.3 Å². The number of pyridine rings is 1. The number of likely N-dealkylation sites (N-methyl/N-ethyl adjacent to an activating group) is 1. The normalized spacial score (nSPS) is 18.9. The monoisotopic (exact) mass is 594 g/mol. The Bertz CT molecular complexity index is 1480. The molecule has 2 fully saturated rings. The Morgan fingerprint density at radius 2 is 1.67 bits per heavy atom. The second-order valence-corrected chi connectivity index (χ2v) is 10.9. The maximum Gasteiger partial charge on any atom is 0.415 e. The van der Waals surface area contributed by atoms with Gasteiger partial charge in [0.15, 0.2) is 17.4 Å². The zero-order valence-corrected chi connectivity index (χ0v) is 24.0. The highest BCUT2D eigenvalue weighted by atomic mass is 19.2. The van der Waals surface area contributed by atoms with E-state index in [1.165, 1.54) is 42.2 Å². The smallest absolute Gasteiger partial charge is 0.410 e. The third kappa shape index (κ3) is 6.65. The molecule has 0 radical (unpaired) electrons. The van der Waals surface area contributed by atoms with E-state index in [1.807, 2.05) is 0 Å². The second kappa shape index (κ2) is 12.8. The molecule has 0 N–H and O–H groups in total. The fourth-order valence-corrected chi connectivity index (χ4v) is 5.91. The van der Waals surface area contributed by atoms with Gasteiger partial charge in [-0.15, -0.1) is 0 Å². The molecule has 2 saturated heterocycles. The van der Waals surface area contributed by atoms with Crippen molar-refractivity contribution in [3.8, 4) is 5.75 Å². The molecule has 0 spiro atoms. The molecule has 2 amide bonds. The van der Waals surface area contributed by atoms with Crippen molar-refractivity contribution in [2.24, 2.45) is 5.92 Å². The van der Waals surface area contributed by atoms with E-state index >= 15 is 0 Å². The van der Waals surface area contributed by atoms with Crippen molar-refractivity contribution in [2.75, 3.05) is 37.6 Å². The number of halogens is 3. The van der Waals surface area contributed by atoms with Gasteiger partial charge in [-0.25, -0.2) is 22.9 Å². The fraction of sp³-hybridized carbons (Fsp3) is 0.375. The van der Waals surface area contributed by atoms with Gasteiger partial charge in [0, 0.05) is 56.3 Å². The number of Topliss-reactive ketones (excluding diaryl/α,β-unsaturated/α-hetero) is 1. The number of hydrogen-bond donors (Lipinski definition) is 0. The van der Waals surface area contributed by atoms with Gasteiger partial charge in [-0.1, -0.05) is 6.07 Å². The van der Waals surface area contributed by atoms with Crippen LogP contribution in [0.25, 0.3) is 0 Å². The van der Waals surface area contributed by atoms with Gasteiger partial charge in [0.2, 0.25) is 5.91 Å². The summed E-state index contributed by atoms with van der Waals surface area (Å²) < 4.78 is 46.9. The Morgan fingerprint density at radius 1 is 0.953 bits per heavy atom. The standard InChI is InChI=1S/C32H33F3N4O4/c1-3-39(32(42)43-25-8-6-24(33)7-9-25)29-19-38(18-26(29)22-4-10-27(34)28(35)16-22)31(41)21-12-14-37(15-13-21)30-11-5-23(17-36-30)20(2)40/h4-11,16-17,21,26,29H,3,12-15,18-19H2,1-2H3/t26?,29-/m1/s1. The lowest BCUT2D eigenvalue weighted by Crippen LogP contribution is -2.47. The first-order valence-corrected chi connectivity index (χ1v) is 14.3. The lowest BCUT2D eigenvalue weighted by Gasteiger charge is -2.34. The number of rotatable bonds is 7. The maximum atomic E-state index is 14.3. The van der Waals surface area contributed by atoms with Crippen molar-refractivity contribution in [3.05, 3.63) is 89.4 Å². The number of likely N-dealkylation sites (tertiary alicyclic amines) is 1. The first-order valence-electron chi connectivity index (χ1n) is 14.3. The SMILES string of the molecule is CCN(C(=O)Oc1ccc(F)cc1)[C@@H]1CN(C(=O)C2CCN(c3ccc(C(C)=O)cn3)CC2)CC1c1ccc(F)c(F)c1. The number of hydrogen-bond acceptors (Lipinski definition) is 6. The predicted octanol–water partition coefficient (Wildman–Crippen LogP) is 5.43. The van der Waals surface area contributed by atoms with E-state index in [2.05, 4.69) is 9.88 Å². The number of benzene rings is 2. The molecule has 0 saturated carbocycles. The molecule has 2 aromatic carbocycles. The molecule has 1 unspecified atom stereocenters. The van der Waals surface area contributed by atoms with Crippen LogP contribution in [0.3, 0.4) is 0 Å². The Labute approximate surface area is 248 Å². The molecule has 5 rings (SSSR count). The highest BCUT2D eigenvalue weighted by Gasteiger charge is 2.43. The van der Waals surface area contributed by atoms with Crippen LogP contribution in [0.15, 0.2) is 60.8 Å². The molecule has 2 aliphatic rings. The predicted molar refractivity (Wildman–Crippen MR) is 153 cm³/mol. The van der Waals surface area contributed by atoms with Crippen LogP contribution in [0.5, 0.6) is 5.75 Å². The number of ketones is 1. The summed E-state index contributed by atoms with van der Waals surface area (Å²) in [6.45, 7) is 5.13. The van der Waals surface area contributed by atoms with Crippen LogP contribution in [0.1, 0.15) is 48.5 Å². The van der Waals surface area contributed by atoms with Gasteiger partial charge < -0.3 is 19.4 Å². The van der Waals surface area contributed by atoms with Crippen LogP contribution in [0, 0.1) is 23.4 Å². The highest BCUT2D eigenvalue weighted by molar-refractivity contribution is 5.93. The fourth-order valence-electron chi connectivity index (χ4n) is 5.91. The number of ether oxygens (including phenoxy) is 1. The van der Waals surface area contributed by atoms with E-state index in [9.17, 15) is 27.6 Å². The van der Waals surface area contributed by atoms with Crippen LogP contribution in [0.2, 0.25) is 0 Å². The first-order chi connectivity index (χ1) is 20.6. The minimum atomic E-state index is -1.00. The van der Waals surface area contributed by atoms with E-state index in [0.29, 0.717) is 37.1 Å². The van der Waals surface area contributed by atoms with Crippen molar-refractivity contribution in [3.63, 3.8) is 0 Å². The van der Waals surface area contributed by atoms with Crippen LogP contribution in [-0.4, -0.2) is 71.3 Å². The molecule has 11 heteroatoms. The molecule has 8 nitrogen and oxygen atoms in total. The van der Waals surface area contributed by atoms with Crippen LogP contribution in [0.4, 0.5) is 23.8 Å². The van der Waals surface area contributed by atoms with Gasteiger partial charge in [-0.2, -0.15) is 0 Å². The summed E-state index contributed by atoms with van der Waals surface area (Å²) in [4.78, 5) is 48.2. The Kier molecular flexibility index (Phi) is 8.98. The molecular formula is C32H33F3N4O4. The van der Waals surface area contributed by atoms with Gasteiger partial charge in [-0.3, -0.25) is 9.59 Å². The lowest BCUT2D eigenvalue weighted by molar-refractivity contribution is -0.135. The van der Waals surface area contributed by atoms with E-state index in [1.54, 1.807) is 30.2 Å². The number of anilines is 1. The average molecular weight is 595 g/mol. The molecule has 0 aliphatic carbocycles. The Balaban J connectivity index is 1.31. The number of carbonyl (C=O) groups excluding carboxylic acids is 3. The number of nitrogens with zero attached hydrogens (tertiary/aromatic N) is 4. The van der Waals surface area contributed by atoms with E-state index in [4.69, 9.17) is 4.74 Å². The number of aromatic nitrogens is 1. The first kappa shape index (κ1) is 30.1. The zero-order valence-electron chi connectivity index (χ0n) is 24.0. The van der Waals surface area contributed by atoms with Gasteiger partial charge in [0.05, 0.1) is 6.04 Å². The maximum absolute atomic E-state index is 14.3. The van der Waals surface area contributed by atoms with Gasteiger partial charge >= 0.3 is 6.09 Å². The molecule has 226 valence electrons. The highest BCUT2D eigenvalue weighted by Crippen LogP contribution is 2.35. The minimum Gasteiger partial charge on any atom is -0.410 e. The van der Waals surface area contributed by atoms with Crippen molar-refractivity contribution >= 4 is 23.6 Å². The molecule has 43 heavy (non-hydrogen) atoms. The summed E-state index contributed by atoms with van der Waals surface area (Å²) in [6, 6.07) is 11.7. The molecule has 3 heterocycles. The zero-order chi connectivity index (χ0) is 30.7. The minimum absolute atomic E-state index is 0.0562. The quantitative estimate of drug-likeness (QED) is 0.339.